The lowest BCUT2D eigenvalue weighted by Gasteiger charge is -2.12. The smallest absolute Gasteiger partial charge is 0.418 e. The van der Waals surface area contributed by atoms with E-state index in [0.717, 1.165) is 18.3 Å². The number of hydrogen-bond donors (Lipinski definition) is 0. The first kappa shape index (κ1) is 12.6. The van der Waals surface area contributed by atoms with Gasteiger partial charge in [0.1, 0.15) is 0 Å². The van der Waals surface area contributed by atoms with Crippen LogP contribution in [-0.4, -0.2) is 11.0 Å². The van der Waals surface area contributed by atoms with Crippen LogP contribution in [0.2, 0.25) is 5.02 Å². The van der Waals surface area contributed by atoms with Gasteiger partial charge in [0.05, 0.1) is 22.1 Å². The molecule has 1 heterocycles. The third-order valence-electron chi connectivity index (χ3n) is 2.36. The summed E-state index contributed by atoms with van der Waals surface area (Å²) in [6.45, 7) is 0. The van der Waals surface area contributed by atoms with E-state index >= 15 is 0 Å². The van der Waals surface area contributed by atoms with E-state index in [0.29, 0.717) is 0 Å². The number of carboxylic acid groups (broad SMARTS) is 1. The number of rotatable bonds is 1. The summed E-state index contributed by atoms with van der Waals surface area (Å²) in [4.78, 5) is 14.2. The standard InChI is InChI=1S/C11H5ClF3NO2/c12-8-5-2-1-3-7(11(13,14)15)9(5)16-4-6(8)10(17)18/h1-4H,(H,17,18)/p-1. The number of carbonyl (C=O) groups is 1. The van der Waals surface area contributed by atoms with Crippen LogP contribution < -0.4 is 5.11 Å². The van der Waals surface area contributed by atoms with E-state index in [-0.39, 0.29) is 15.9 Å². The first-order chi connectivity index (χ1) is 8.32. The fraction of sp³-hybridized carbons (Fsp3) is 0.0909. The quantitative estimate of drug-likeness (QED) is 0.801. The zero-order chi connectivity index (χ0) is 13.5. The average Bonchev–Trinajstić information content (AvgIpc) is 2.27. The zero-order valence-corrected chi connectivity index (χ0v) is 9.34. The summed E-state index contributed by atoms with van der Waals surface area (Å²) in [6, 6.07) is 3.26. The van der Waals surface area contributed by atoms with Crippen molar-refractivity contribution in [2.45, 2.75) is 6.18 Å². The number of aromatic nitrogens is 1. The molecule has 0 amide bonds. The lowest BCUT2D eigenvalue weighted by atomic mass is 10.1. The van der Waals surface area contributed by atoms with Crippen molar-refractivity contribution in [1.29, 1.82) is 0 Å². The third-order valence-corrected chi connectivity index (χ3v) is 2.76. The van der Waals surface area contributed by atoms with Gasteiger partial charge in [0.25, 0.3) is 0 Å². The van der Waals surface area contributed by atoms with Crippen LogP contribution in [-0.2, 0) is 6.18 Å². The van der Waals surface area contributed by atoms with Crippen molar-refractivity contribution >= 4 is 28.5 Å². The number of benzene rings is 1. The lowest BCUT2D eigenvalue weighted by Crippen LogP contribution is -2.23. The number of alkyl halides is 3. The van der Waals surface area contributed by atoms with Crippen molar-refractivity contribution in [3.8, 4) is 0 Å². The number of fused-ring (bicyclic) bond motifs is 1. The Labute approximate surface area is 104 Å². The van der Waals surface area contributed by atoms with Gasteiger partial charge in [0, 0.05) is 17.1 Å². The van der Waals surface area contributed by atoms with Crippen LogP contribution in [0, 0.1) is 0 Å². The minimum atomic E-state index is -4.58. The van der Waals surface area contributed by atoms with E-state index in [4.69, 9.17) is 11.6 Å². The van der Waals surface area contributed by atoms with Crippen LogP contribution in [0.15, 0.2) is 24.4 Å². The van der Waals surface area contributed by atoms with Gasteiger partial charge in [-0.25, -0.2) is 0 Å². The van der Waals surface area contributed by atoms with E-state index in [2.05, 4.69) is 4.98 Å². The molecule has 0 saturated heterocycles. The molecule has 0 atom stereocenters. The number of carboxylic acids is 1. The Morgan fingerprint density at radius 3 is 2.56 bits per heavy atom. The Bertz CT molecular complexity index is 640. The fourth-order valence-electron chi connectivity index (χ4n) is 1.56. The maximum atomic E-state index is 12.7. The Hall–Kier alpha value is -1.82. The number of para-hydroxylation sites is 1. The average molecular weight is 275 g/mol. The third kappa shape index (κ3) is 1.99. The second-order valence-electron chi connectivity index (χ2n) is 3.47. The molecule has 0 unspecified atom stereocenters. The van der Waals surface area contributed by atoms with E-state index in [9.17, 15) is 23.1 Å². The highest BCUT2D eigenvalue weighted by molar-refractivity contribution is 6.38. The maximum absolute atomic E-state index is 12.7. The van der Waals surface area contributed by atoms with Crippen LogP contribution >= 0.6 is 11.6 Å². The number of hydrogen-bond acceptors (Lipinski definition) is 3. The summed E-state index contributed by atoms with van der Waals surface area (Å²) >= 11 is 5.73. The minimum absolute atomic E-state index is 0.0757. The minimum Gasteiger partial charge on any atom is -0.545 e. The molecular formula is C11H4ClF3NO2-. The summed E-state index contributed by atoms with van der Waals surface area (Å²) in [5.41, 5.74) is -1.80. The molecular weight excluding hydrogens is 271 g/mol. The topological polar surface area (TPSA) is 53.0 Å². The summed E-state index contributed by atoms with van der Waals surface area (Å²) in [5.74, 6) is -1.59. The van der Waals surface area contributed by atoms with E-state index in [1.165, 1.54) is 6.07 Å². The van der Waals surface area contributed by atoms with Crippen molar-refractivity contribution in [2.24, 2.45) is 0 Å². The molecule has 0 bridgehead atoms. The maximum Gasteiger partial charge on any atom is 0.418 e. The normalized spacial score (nSPS) is 11.8. The van der Waals surface area contributed by atoms with Crippen molar-refractivity contribution in [3.05, 3.63) is 40.5 Å². The molecule has 7 heteroatoms. The van der Waals surface area contributed by atoms with Gasteiger partial charge in [-0.2, -0.15) is 13.2 Å². The van der Waals surface area contributed by atoms with Gasteiger partial charge in [0.2, 0.25) is 0 Å². The number of nitrogens with zero attached hydrogens (tertiary/aromatic N) is 1. The van der Waals surface area contributed by atoms with Crippen molar-refractivity contribution in [2.75, 3.05) is 0 Å². The molecule has 18 heavy (non-hydrogen) atoms. The summed E-state index contributed by atoms with van der Waals surface area (Å²) < 4.78 is 38.1. The van der Waals surface area contributed by atoms with Crippen molar-refractivity contribution < 1.29 is 23.1 Å². The SMILES string of the molecule is O=C([O-])c1cnc2c(C(F)(F)F)cccc2c1Cl. The molecule has 0 spiro atoms. The molecule has 1 aromatic heterocycles. The predicted octanol–water partition coefficient (Wildman–Crippen LogP) is 2.27. The molecule has 0 radical (unpaired) electrons. The van der Waals surface area contributed by atoms with Gasteiger partial charge in [-0.3, -0.25) is 4.98 Å². The lowest BCUT2D eigenvalue weighted by molar-refractivity contribution is -0.255. The number of carbonyl (C=O) groups excluding carboxylic acids is 1. The Morgan fingerprint density at radius 2 is 2.00 bits per heavy atom. The molecule has 94 valence electrons. The number of aromatic carboxylic acids is 1. The summed E-state index contributed by atoms with van der Waals surface area (Å²) in [7, 11) is 0. The highest BCUT2D eigenvalue weighted by Crippen LogP contribution is 2.36. The van der Waals surface area contributed by atoms with Gasteiger partial charge in [-0.05, 0) is 6.07 Å². The molecule has 2 aromatic rings. The van der Waals surface area contributed by atoms with Crippen LogP contribution in [0.1, 0.15) is 15.9 Å². The molecule has 0 N–H and O–H groups in total. The summed E-state index contributed by atoms with van der Waals surface area (Å²) in [6.07, 6.45) is -3.83. The predicted molar refractivity (Wildman–Crippen MR) is 56.1 cm³/mol. The van der Waals surface area contributed by atoms with Gasteiger partial charge in [-0.15, -0.1) is 0 Å². The largest absolute Gasteiger partial charge is 0.545 e. The molecule has 0 saturated carbocycles. The van der Waals surface area contributed by atoms with Crippen LogP contribution in [0.3, 0.4) is 0 Å². The van der Waals surface area contributed by atoms with Crippen LogP contribution in [0.5, 0.6) is 0 Å². The van der Waals surface area contributed by atoms with E-state index < -0.39 is 23.3 Å². The van der Waals surface area contributed by atoms with Gasteiger partial charge < -0.3 is 9.90 Å². The molecule has 0 aliphatic rings. The Morgan fingerprint density at radius 1 is 1.33 bits per heavy atom. The second-order valence-corrected chi connectivity index (χ2v) is 3.85. The molecule has 0 aliphatic heterocycles. The van der Waals surface area contributed by atoms with Gasteiger partial charge in [-0.1, -0.05) is 23.7 Å². The van der Waals surface area contributed by atoms with Crippen LogP contribution in [0.4, 0.5) is 13.2 Å². The van der Waals surface area contributed by atoms with Gasteiger partial charge in [0.15, 0.2) is 0 Å². The van der Waals surface area contributed by atoms with Crippen molar-refractivity contribution in [3.63, 3.8) is 0 Å². The molecule has 2 rings (SSSR count). The molecule has 0 aliphatic carbocycles. The fourth-order valence-corrected chi connectivity index (χ4v) is 1.84. The highest BCUT2D eigenvalue weighted by atomic mass is 35.5. The number of pyridine rings is 1. The molecule has 0 fully saturated rings. The zero-order valence-electron chi connectivity index (χ0n) is 8.58. The first-order valence-corrected chi connectivity index (χ1v) is 5.06. The Kier molecular flexibility index (Phi) is 2.90. The second kappa shape index (κ2) is 4.13. The van der Waals surface area contributed by atoms with Crippen molar-refractivity contribution in [1.82, 2.24) is 4.98 Å². The van der Waals surface area contributed by atoms with Gasteiger partial charge >= 0.3 is 6.18 Å². The molecule has 3 nitrogen and oxygen atoms in total. The summed E-state index contributed by atoms with van der Waals surface area (Å²) in [5, 5.41) is 10.3. The Balaban J connectivity index is 2.83. The van der Waals surface area contributed by atoms with E-state index in [1.807, 2.05) is 0 Å². The first-order valence-electron chi connectivity index (χ1n) is 4.68. The monoisotopic (exact) mass is 274 g/mol. The molecule has 1 aromatic carbocycles. The van der Waals surface area contributed by atoms with Crippen LogP contribution in [0.25, 0.3) is 10.9 Å². The number of halogens is 4. The van der Waals surface area contributed by atoms with E-state index in [1.54, 1.807) is 0 Å². The highest BCUT2D eigenvalue weighted by Gasteiger charge is 2.33.